The highest BCUT2D eigenvalue weighted by Gasteiger charge is 2.19. The SMILES string of the molecule is CCc1csc(-c2cnn(C)c2C(=O)O)n1. The Morgan fingerprint density at radius 3 is 2.94 bits per heavy atom. The third kappa shape index (κ3) is 1.71. The van der Waals surface area contributed by atoms with E-state index in [-0.39, 0.29) is 5.69 Å². The van der Waals surface area contributed by atoms with Gasteiger partial charge in [0.25, 0.3) is 0 Å². The van der Waals surface area contributed by atoms with Crippen LogP contribution in [0.3, 0.4) is 0 Å². The van der Waals surface area contributed by atoms with E-state index in [1.54, 1.807) is 13.2 Å². The van der Waals surface area contributed by atoms with Crippen LogP contribution < -0.4 is 0 Å². The van der Waals surface area contributed by atoms with E-state index in [2.05, 4.69) is 10.1 Å². The molecule has 0 spiro atoms. The zero-order valence-corrected chi connectivity index (χ0v) is 9.78. The number of aromatic carboxylic acids is 1. The first kappa shape index (κ1) is 10.8. The summed E-state index contributed by atoms with van der Waals surface area (Å²) >= 11 is 1.44. The van der Waals surface area contributed by atoms with Crippen LogP contribution in [0, 0.1) is 0 Å². The Balaban J connectivity index is 2.51. The lowest BCUT2D eigenvalue weighted by atomic mass is 10.2. The molecule has 2 aromatic heterocycles. The Morgan fingerprint density at radius 2 is 2.38 bits per heavy atom. The van der Waals surface area contributed by atoms with Gasteiger partial charge in [0.1, 0.15) is 5.01 Å². The molecule has 0 aliphatic carbocycles. The number of carbonyl (C=O) groups is 1. The van der Waals surface area contributed by atoms with Crippen molar-refractivity contribution in [1.82, 2.24) is 14.8 Å². The summed E-state index contributed by atoms with van der Waals surface area (Å²) in [6, 6.07) is 0. The Hall–Kier alpha value is -1.69. The molecule has 16 heavy (non-hydrogen) atoms. The van der Waals surface area contributed by atoms with Gasteiger partial charge in [-0.15, -0.1) is 11.3 Å². The minimum atomic E-state index is -0.983. The van der Waals surface area contributed by atoms with Crippen molar-refractivity contribution >= 4 is 17.3 Å². The summed E-state index contributed by atoms with van der Waals surface area (Å²) in [4.78, 5) is 15.4. The van der Waals surface area contributed by atoms with Crippen LogP contribution >= 0.6 is 11.3 Å². The molecule has 84 valence electrons. The molecular formula is C10H11N3O2S. The normalized spacial score (nSPS) is 10.6. The van der Waals surface area contributed by atoms with E-state index in [0.29, 0.717) is 10.6 Å². The Morgan fingerprint density at radius 1 is 1.62 bits per heavy atom. The Kier molecular flexibility index (Phi) is 2.74. The third-order valence-electron chi connectivity index (χ3n) is 2.29. The summed E-state index contributed by atoms with van der Waals surface area (Å²) in [5.41, 5.74) is 1.73. The molecule has 0 amide bonds. The van der Waals surface area contributed by atoms with E-state index in [0.717, 1.165) is 12.1 Å². The molecule has 2 heterocycles. The minimum absolute atomic E-state index is 0.178. The first-order valence-corrected chi connectivity index (χ1v) is 5.71. The van der Waals surface area contributed by atoms with Crippen LogP contribution in [0.2, 0.25) is 0 Å². The molecule has 5 nitrogen and oxygen atoms in total. The molecular weight excluding hydrogens is 226 g/mol. The quantitative estimate of drug-likeness (QED) is 0.883. The molecule has 2 aromatic rings. The van der Waals surface area contributed by atoms with Crippen LogP contribution in [0.5, 0.6) is 0 Å². The molecule has 0 bridgehead atoms. The van der Waals surface area contributed by atoms with Crippen LogP contribution in [-0.4, -0.2) is 25.8 Å². The topological polar surface area (TPSA) is 68.0 Å². The zero-order chi connectivity index (χ0) is 11.7. The summed E-state index contributed by atoms with van der Waals surface area (Å²) in [6.07, 6.45) is 2.39. The molecule has 0 fully saturated rings. The van der Waals surface area contributed by atoms with Crippen molar-refractivity contribution < 1.29 is 9.90 Å². The number of carboxylic acid groups (broad SMARTS) is 1. The van der Waals surface area contributed by atoms with Crippen LogP contribution in [0.1, 0.15) is 23.1 Å². The molecule has 0 aromatic carbocycles. The van der Waals surface area contributed by atoms with Gasteiger partial charge in [-0.25, -0.2) is 9.78 Å². The van der Waals surface area contributed by atoms with Gasteiger partial charge in [0.15, 0.2) is 5.69 Å². The number of aryl methyl sites for hydroxylation is 2. The number of hydrogen-bond acceptors (Lipinski definition) is 4. The zero-order valence-electron chi connectivity index (χ0n) is 8.97. The lowest BCUT2D eigenvalue weighted by Gasteiger charge is -1.97. The molecule has 0 atom stereocenters. The highest BCUT2D eigenvalue weighted by molar-refractivity contribution is 7.13. The number of carboxylic acids is 1. The summed E-state index contributed by atoms with van der Waals surface area (Å²) < 4.78 is 1.35. The maximum Gasteiger partial charge on any atom is 0.354 e. The Labute approximate surface area is 96.4 Å². The van der Waals surface area contributed by atoms with Crippen LogP contribution in [0.25, 0.3) is 10.6 Å². The predicted molar refractivity (Wildman–Crippen MR) is 60.7 cm³/mol. The number of nitrogens with zero attached hydrogens (tertiary/aromatic N) is 3. The first-order chi connectivity index (χ1) is 7.63. The van der Waals surface area contributed by atoms with Gasteiger partial charge in [-0.2, -0.15) is 5.10 Å². The average molecular weight is 237 g/mol. The van der Waals surface area contributed by atoms with Crippen LogP contribution in [-0.2, 0) is 13.5 Å². The van der Waals surface area contributed by atoms with Crippen LogP contribution in [0.15, 0.2) is 11.6 Å². The Bertz CT molecular complexity index is 530. The molecule has 0 aliphatic heterocycles. The monoisotopic (exact) mass is 237 g/mol. The first-order valence-electron chi connectivity index (χ1n) is 4.83. The number of hydrogen-bond donors (Lipinski definition) is 1. The van der Waals surface area contributed by atoms with Crippen molar-refractivity contribution in [2.45, 2.75) is 13.3 Å². The molecule has 0 radical (unpaired) electrons. The van der Waals surface area contributed by atoms with Gasteiger partial charge in [-0.05, 0) is 6.42 Å². The maximum absolute atomic E-state index is 11.1. The van der Waals surface area contributed by atoms with Gasteiger partial charge < -0.3 is 5.11 Å². The smallest absolute Gasteiger partial charge is 0.354 e. The molecule has 2 rings (SSSR count). The summed E-state index contributed by atoms with van der Waals surface area (Å²) in [6.45, 7) is 2.01. The average Bonchev–Trinajstić information content (AvgIpc) is 2.82. The fourth-order valence-electron chi connectivity index (χ4n) is 1.44. The number of aromatic nitrogens is 3. The molecule has 1 N–H and O–H groups in total. The van der Waals surface area contributed by atoms with Gasteiger partial charge in [-0.3, -0.25) is 4.68 Å². The third-order valence-corrected chi connectivity index (χ3v) is 3.21. The standard InChI is InChI=1S/C10H11N3O2S/c1-3-6-5-16-9(12-6)7-4-11-13(2)8(7)10(14)15/h4-5H,3H2,1-2H3,(H,14,15). The second kappa shape index (κ2) is 4.05. The fraction of sp³-hybridized carbons (Fsp3) is 0.300. The summed E-state index contributed by atoms with van der Waals surface area (Å²) in [7, 11) is 1.61. The number of thiazole rings is 1. The molecule has 0 saturated carbocycles. The lowest BCUT2D eigenvalue weighted by Crippen LogP contribution is -2.06. The van der Waals surface area contributed by atoms with Crippen molar-refractivity contribution in [2.75, 3.05) is 0 Å². The second-order valence-electron chi connectivity index (χ2n) is 3.33. The molecule has 0 unspecified atom stereocenters. The van der Waals surface area contributed by atoms with Crippen molar-refractivity contribution in [3.8, 4) is 10.6 Å². The molecule has 0 saturated heterocycles. The van der Waals surface area contributed by atoms with Crippen molar-refractivity contribution in [2.24, 2.45) is 7.05 Å². The lowest BCUT2D eigenvalue weighted by molar-refractivity contribution is 0.0686. The second-order valence-corrected chi connectivity index (χ2v) is 4.19. The van der Waals surface area contributed by atoms with Crippen molar-refractivity contribution in [3.63, 3.8) is 0 Å². The maximum atomic E-state index is 11.1. The largest absolute Gasteiger partial charge is 0.477 e. The van der Waals surface area contributed by atoms with E-state index in [9.17, 15) is 4.79 Å². The minimum Gasteiger partial charge on any atom is -0.477 e. The highest BCUT2D eigenvalue weighted by atomic mass is 32.1. The van der Waals surface area contributed by atoms with E-state index in [1.807, 2.05) is 12.3 Å². The van der Waals surface area contributed by atoms with E-state index in [4.69, 9.17) is 5.11 Å². The van der Waals surface area contributed by atoms with Gasteiger partial charge >= 0.3 is 5.97 Å². The van der Waals surface area contributed by atoms with Crippen molar-refractivity contribution in [1.29, 1.82) is 0 Å². The molecule has 6 heteroatoms. The predicted octanol–water partition coefficient (Wildman–Crippen LogP) is 1.80. The van der Waals surface area contributed by atoms with Crippen molar-refractivity contribution in [3.05, 3.63) is 23.0 Å². The highest BCUT2D eigenvalue weighted by Crippen LogP contribution is 2.26. The van der Waals surface area contributed by atoms with Gasteiger partial charge in [0.2, 0.25) is 0 Å². The van der Waals surface area contributed by atoms with Gasteiger partial charge in [0, 0.05) is 12.4 Å². The van der Waals surface area contributed by atoms with E-state index in [1.165, 1.54) is 16.0 Å². The summed E-state index contributed by atoms with van der Waals surface area (Å²) in [5, 5.41) is 15.7. The fourth-order valence-corrected chi connectivity index (χ4v) is 2.35. The van der Waals surface area contributed by atoms with E-state index < -0.39 is 5.97 Å². The number of rotatable bonds is 3. The van der Waals surface area contributed by atoms with Gasteiger partial charge in [0.05, 0.1) is 17.5 Å². The van der Waals surface area contributed by atoms with E-state index >= 15 is 0 Å². The van der Waals surface area contributed by atoms with Gasteiger partial charge in [-0.1, -0.05) is 6.92 Å². The molecule has 0 aliphatic rings. The van der Waals surface area contributed by atoms with Crippen LogP contribution in [0.4, 0.5) is 0 Å². The summed E-state index contributed by atoms with van der Waals surface area (Å²) in [5.74, 6) is -0.983.